The molecule has 1 aliphatic rings. The van der Waals surface area contributed by atoms with E-state index in [1.807, 2.05) is 28.8 Å². The number of nitrogens with zero attached hydrogens (tertiary/aromatic N) is 4. The van der Waals surface area contributed by atoms with Gasteiger partial charge in [0.15, 0.2) is 5.65 Å². The molecule has 1 N–H and O–H groups in total. The smallest absolute Gasteiger partial charge is 0.253 e. The van der Waals surface area contributed by atoms with Crippen molar-refractivity contribution in [2.45, 2.75) is 19.3 Å². The lowest BCUT2D eigenvalue weighted by atomic mass is 9.95. The summed E-state index contributed by atoms with van der Waals surface area (Å²) in [6, 6.07) is 11.3. The van der Waals surface area contributed by atoms with Crippen molar-refractivity contribution in [3.63, 3.8) is 0 Å². The van der Waals surface area contributed by atoms with E-state index in [1.165, 1.54) is 24.3 Å². The molecule has 0 bridgehead atoms. The highest BCUT2D eigenvalue weighted by atomic mass is 19.1. The minimum absolute atomic E-state index is 0.00713. The van der Waals surface area contributed by atoms with Crippen LogP contribution in [0.15, 0.2) is 48.7 Å². The van der Waals surface area contributed by atoms with Gasteiger partial charge in [-0.25, -0.2) is 4.39 Å². The predicted octanol–water partition coefficient (Wildman–Crippen LogP) is 2.08. The predicted molar refractivity (Wildman–Crippen MR) is 105 cm³/mol. The summed E-state index contributed by atoms with van der Waals surface area (Å²) in [5, 5.41) is 11.2. The number of amides is 2. The zero-order valence-corrected chi connectivity index (χ0v) is 15.9. The Bertz CT molecular complexity index is 1010. The number of benzene rings is 1. The van der Waals surface area contributed by atoms with E-state index in [9.17, 15) is 14.0 Å². The molecular weight excluding hydrogens is 373 g/mol. The van der Waals surface area contributed by atoms with Gasteiger partial charge < -0.3 is 10.2 Å². The van der Waals surface area contributed by atoms with Crippen LogP contribution in [0.5, 0.6) is 0 Å². The normalized spacial score (nSPS) is 14.9. The minimum Gasteiger partial charge on any atom is -0.355 e. The van der Waals surface area contributed by atoms with Crippen LogP contribution in [0, 0.1) is 11.7 Å². The molecule has 2 amide bonds. The van der Waals surface area contributed by atoms with E-state index in [1.54, 1.807) is 4.90 Å². The Kier molecular flexibility index (Phi) is 5.50. The second-order valence-electron chi connectivity index (χ2n) is 7.16. The monoisotopic (exact) mass is 395 g/mol. The quantitative estimate of drug-likeness (QED) is 0.717. The summed E-state index contributed by atoms with van der Waals surface area (Å²) < 4.78 is 14.9. The van der Waals surface area contributed by atoms with Crippen LogP contribution in [0.1, 0.15) is 29.0 Å². The van der Waals surface area contributed by atoms with Gasteiger partial charge in [0, 0.05) is 43.7 Å². The molecule has 150 valence electrons. The maximum atomic E-state index is 13.0. The Hall–Kier alpha value is -3.29. The summed E-state index contributed by atoms with van der Waals surface area (Å²) in [6.45, 7) is 1.52. The summed E-state index contributed by atoms with van der Waals surface area (Å²) in [4.78, 5) is 26.7. The molecule has 29 heavy (non-hydrogen) atoms. The molecule has 3 aromatic rings. The number of likely N-dealkylation sites (tertiary alicyclic amines) is 1. The zero-order chi connectivity index (χ0) is 20.2. The lowest BCUT2D eigenvalue weighted by Crippen LogP contribution is -2.43. The van der Waals surface area contributed by atoms with E-state index in [4.69, 9.17) is 0 Å². The molecule has 1 saturated heterocycles. The van der Waals surface area contributed by atoms with Gasteiger partial charge in [-0.3, -0.25) is 14.0 Å². The van der Waals surface area contributed by atoms with Crippen molar-refractivity contribution >= 4 is 17.5 Å². The first-order valence-corrected chi connectivity index (χ1v) is 9.73. The number of piperidine rings is 1. The van der Waals surface area contributed by atoms with Crippen molar-refractivity contribution < 1.29 is 14.0 Å². The molecule has 0 unspecified atom stereocenters. The molecule has 3 heterocycles. The lowest BCUT2D eigenvalue weighted by molar-refractivity contribution is -0.126. The van der Waals surface area contributed by atoms with Crippen molar-refractivity contribution in [2.75, 3.05) is 19.6 Å². The van der Waals surface area contributed by atoms with Crippen LogP contribution in [0.4, 0.5) is 4.39 Å². The summed E-state index contributed by atoms with van der Waals surface area (Å²) in [5.41, 5.74) is 1.25. The molecule has 0 saturated carbocycles. The molecular formula is C21H22FN5O2. The number of rotatable bonds is 5. The van der Waals surface area contributed by atoms with Crippen LogP contribution in [-0.4, -0.2) is 50.9 Å². The molecule has 2 aromatic heterocycles. The topological polar surface area (TPSA) is 79.6 Å². The number of carbonyl (C=O) groups is 2. The number of pyridine rings is 1. The molecule has 0 spiro atoms. The van der Waals surface area contributed by atoms with Crippen LogP contribution in [0.3, 0.4) is 0 Å². The van der Waals surface area contributed by atoms with Crippen LogP contribution in [0.25, 0.3) is 5.65 Å². The van der Waals surface area contributed by atoms with Crippen LogP contribution >= 0.6 is 0 Å². The second kappa shape index (κ2) is 8.38. The van der Waals surface area contributed by atoms with Crippen molar-refractivity contribution in [3.05, 3.63) is 65.9 Å². The Balaban J connectivity index is 1.24. The average Bonchev–Trinajstić information content (AvgIpc) is 3.17. The fourth-order valence-electron chi connectivity index (χ4n) is 3.62. The van der Waals surface area contributed by atoms with Gasteiger partial charge in [0.05, 0.1) is 0 Å². The van der Waals surface area contributed by atoms with Crippen molar-refractivity contribution in [1.29, 1.82) is 0 Å². The third kappa shape index (κ3) is 4.26. The van der Waals surface area contributed by atoms with Crippen LogP contribution in [0.2, 0.25) is 0 Å². The maximum absolute atomic E-state index is 13.0. The second-order valence-corrected chi connectivity index (χ2v) is 7.16. The number of fused-ring (bicyclic) bond motifs is 1. The molecule has 4 rings (SSSR count). The average molecular weight is 395 g/mol. The molecule has 1 aromatic carbocycles. The summed E-state index contributed by atoms with van der Waals surface area (Å²) in [5.74, 6) is 0.217. The third-order valence-corrected chi connectivity index (χ3v) is 5.28. The first kappa shape index (κ1) is 19.0. The Morgan fingerprint density at radius 1 is 1.07 bits per heavy atom. The van der Waals surface area contributed by atoms with E-state index in [0.29, 0.717) is 44.5 Å². The maximum Gasteiger partial charge on any atom is 0.253 e. The van der Waals surface area contributed by atoms with Crippen molar-refractivity contribution in [1.82, 2.24) is 24.8 Å². The highest BCUT2D eigenvalue weighted by molar-refractivity contribution is 5.94. The Labute approximate surface area is 167 Å². The molecule has 0 radical (unpaired) electrons. The Morgan fingerprint density at radius 2 is 1.83 bits per heavy atom. The molecule has 7 nitrogen and oxygen atoms in total. The van der Waals surface area contributed by atoms with Gasteiger partial charge in [-0.2, -0.15) is 0 Å². The lowest BCUT2D eigenvalue weighted by Gasteiger charge is -2.31. The largest absolute Gasteiger partial charge is 0.355 e. The molecule has 0 aliphatic carbocycles. The van der Waals surface area contributed by atoms with Crippen molar-refractivity contribution in [3.8, 4) is 0 Å². The standard InChI is InChI=1S/C21H22FN5O2/c22-17-6-4-16(5-7-17)21(29)26-13-9-15(10-14-26)20(28)23-11-8-19-25-24-18-3-1-2-12-27(18)19/h1-7,12,15H,8-11,13-14H2,(H,23,28). The van der Waals surface area contributed by atoms with Crippen molar-refractivity contribution in [2.24, 2.45) is 5.92 Å². The van der Waals surface area contributed by atoms with Gasteiger partial charge in [0.25, 0.3) is 5.91 Å². The fraction of sp³-hybridized carbons (Fsp3) is 0.333. The van der Waals surface area contributed by atoms with Crippen LogP contribution < -0.4 is 5.32 Å². The highest BCUT2D eigenvalue weighted by Crippen LogP contribution is 2.19. The molecule has 1 aliphatic heterocycles. The number of halogens is 1. The summed E-state index contributed by atoms with van der Waals surface area (Å²) in [6.07, 6.45) is 3.73. The number of carbonyl (C=O) groups excluding carboxylic acids is 2. The van der Waals surface area contributed by atoms with E-state index in [2.05, 4.69) is 15.5 Å². The van der Waals surface area contributed by atoms with Gasteiger partial charge in [0.2, 0.25) is 5.91 Å². The van der Waals surface area contributed by atoms with Gasteiger partial charge in [-0.05, 0) is 49.2 Å². The molecule has 0 atom stereocenters. The first-order chi connectivity index (χ1) is 14.1. The highest BCUT2D eigenvalue weighted by Gasteiger charge is 2.27. The number of nitrogens with one attached hydrogen (secondary N) is 1. The number of hydrogen-bond acceptors (Lipinski definition) is 4. The molecule has 1 fully saturated rings. The fourth-order valence-corrected chi connectivity index (χ4v) is 3.62. The summed E-state index contributed by atoms with van der Waals surface area (Å²) >= 11 is 0. The van der Waals surface area contributed by atoms with E-state index >= 15 is 0 Å². The van der Waals surface area contributed by atoms with Crippen LogP contribution in [-0.2, 0) is 11.2 Å². The SMILES string of the molecule is O=C(NCCc1nnc2ccccn12)C1CCN(C(=O)c2ccc(F)cc2)CC1. The zero-order valence-electron chi connectivity index (χ0n) is 15.9. The summed E-state index contributed by atoms with van der Waals surface area (Å²) in [7, 11) is 0. The van der Waals surface area contributed by atoms with Gasteiger partial charge in [-0.15, -0.1) is 10.2 Å². The van der Waals surface area contributed by atoms with Gasteiger partial charge in [0.1, 0.15) is 11.6 Å². The molecule has 8 heteroatoms. The van der Waals surface area contributed by atoms with Gasteiger partial charge >= 0.3 is 0 Å². The van der Waals surface area contributed by atoms with E-state index < -0.39 is 0 Å². The van der Waals surface area contributed by atoms with E-state index in [-0.39, 0.29) is 23.5 Å². The van der Waals surface area contributed by atoms with E-state index in [0.717, 1.165) is 11.5 Å². The number of aromatic nitrogens is 3. The van der Waals surface area contributed by atoms with Gasteiger partial charge in [-0.1, -0.05) is 6.07 Å². The number of hydrogen-bond donors (Lipinski definition) is 1. The third-order valence-electron chi connectivity index (χ3n) is 5.28. The minimum atomic E-state index is -0.365. The first-order valence-electron chi connectivity index (χ1n) is 9.73. The Morgan fingerprint density at radius 3 is 2.59 bits per heavy atom.